The fourth-order valence-corrected chi connectivity index (χ4v) is 5.11. The number of rotatable bonds is 3. The Hall–Kier alpha value is -2.91. The minimum absolute atomic E-state index is 0.0369. The number of carbonyl (C=O) groups is 1. The molecule has 8 nitrogen and oxygen atoms in total. The number of aromatic nitrogens is 2. The molecule has 2 aliphatic heterocycles. The Bertz CT molecular complexity index is 1130. The normalized spacial score (nSPS) is 20.1. The van der Waals surface area contributed by atoms with Crippen LogP contribution in [0.1, 0.15) is 6.92 Å². The van der Waals surface area contributed by atoms with Crippen molar-refractivity contribution < 1.29 is 13.7 Å². The third-order valence-electron chi connectivity index (χ3n) is 5.19. The number of benzene rings is 1. The molecule has 0 aliphatic carbocycles. The lowest BCUT2D eigenvalue weighted by Gasteiger charge is -2.32. The summed E-state index contributed by atoms with van der Waals surface area (Å²) in [5.74, 6) is 0.276. The summed E-state index contributed by atoms with van der Waals surface area (Å²) in [6.45, 7) is 4.71. The van der Waals surface area contributed by atoms with Crippen molar-refractivity contribution in [3.05, 3.63) is 42.7 Å². The van der Waals surface area contributed by atoms with E-state index in [-0.39, 0.29) is 12.5 Å². The molecule has 2 unspecified atom stereocenters. The third kappa shape index (κ3) is 3.16. The van der Waals surface area contributed by atoms with Gasteiger partial charge in [-0.05, 0) is 31.2 Å². The molecule has 2 N–H and O–H groups in total. The van der Waals surface area contributed by atoms with Crippen molar-refractivity contribution in [3.63, 3.8) is 0 Å². The van der Waals surface area contributed by atoms with E-state index >= 15 is 0 Å². The van der Waals surface area contributed by atoms with E-state index in [2.05, 4.69) is 27.4 Å². The molecule has 3 aromatic rings. The lowest BCUT2D eigenvalue weighted by atomic mass is 10.2. The number of hydrogen-bond donors (Lipinski definition) is 2. The quantitative estimate of drug-likeness (QED) is 0.683. The summed E-state index contributed by atoms with van der Waals surface area (Å²) < 4.78 is 20.8. The molecule has 1 aromatic carbocycles. The Kier molecular flexibility index (Phi) is 4.48. The minimum Gasteiger partial charge on any atom is -0.482 e. The molecule has 1 saturated heterocycles. The number of para-hydroxylation sites is 1. The Labute approximate surface area is 170 Å². The van der Waals surface area contributed by atoms with E-state index in [1.807, 2.05) is 18.3 Å². The first-order valence-electron chi connectivity index (χ1n) is 9.54. The summed E-state index contributed by atoms with van der Waals surface area (Å²) >= 11 is 0. The van der Waals surface area contributed by atoms with Crippen molar-refractivity contribution in [3.8, 4) is 5.75 Å². The first-order valence-corrected chi connectivity index (χ1v) is 10.6. The van der Waals surface area contributed by atoms with Crippen molar-refractivity contribution >= 4 is 39.3 Å². The SMILES string of the molecule is CC1CN(c2cn(S(=O)c3cccc4c3NC(=O)CO4)c3cccnc23)CCN1. The zero-order valence-electron chi connectivity index (χ0n) is 15.9. The highest BCUT2D eigenvalue weighted by Crippen LogP contribution is 2.36. The summed E-state index contributed by atoms with van der Waals surface area (Å²) in [7, 11) is -1.58. The van der Waals surface area contributed by atoms with Gasteiger partial charge in [-0.15, -0.1) is 0 Å². The van der Waals surface area contributed by atoms with Crippen LogP contribution in [0.2, 0.25) is 0 Å². The second-order valence-corrected chi connectivity index (χ2v) is 8.56. The van der Waals surface area contributed by atoms with Crippen molar-refractivity contribution in [2.45, 2.75) is 17.9 Å². The van der Waals surface area contributed by atoms with Gasteiger partial charge < -0.3 is 20.3 Å². The number of hydrogen-bond acceptors (Lipinski definition) is 6. The molecule has 2 aliphatic rings. The molecule has 0 spiro atoms. The standard InChI is InChI=1S/C20H21N5O3S/c1-13-10-24(9-8-21-13)15-11-25(14-4-3-7-22-19(14)15)29(27)17-6-2-5-16-20(17)23-18(26)12-28-16/h2-7,11,13,21H,8-10,12H2,1H3,(H,23,26). The fourth-order valence-electron chi connectivity index (χ4n) is 3.86. The highest BCUT2D eigenvalue weighted by Gasteiger charge is 2.26. The van der Waals surface area contributed by atoms with E-state index in [9.17, 15) is 9.00 Å². The lowest BCUT2D eigenvalue weighted by molar-refractivity contribution is -0.118. The van der Waals surface area contributed by atoms with E-state index in [1.165, 1.54) is 0 Å². The molecule has 0 saturated carbocycles. The highest BCUT2D eigenvalue weighted by molar-refractivity contribution is 7.83. The second-order valence-electron chi connectivity index (χ2n) is 7.23. The zero-order valence-corrected chi connectivity index (χ0v) is 16.7. The Balaban J connectivity index is 1.61. The molecule has 29 heavy (non-hydrogen) atoms. The van der Waals surface area contributed by atoms with Crippen LogP contribution < -0.4 is 20.3 Å². The van der Waals surface area contributed by atoms with Gasteiger partial charge >= 0.3 is 0 Å². The van der Waals surface area contributed by atoms with Crippen LogP contribution >= 0.6 is 0 Å². The van der Waals surface area contributed by atoms with Crippen molar-refractivity contribution in [2.75, 3.05) is 36.5 Å². The highest BCUT2D eigenvalue weighted by atomic mass is 32.2. The molecule has 0 bridgehead atoms. The van der Waals surface area contributed by atoms with Crippen LogP contribution in [0.3, 0.4) is 0 Å². The molecular formula is C20H21N5O3S. The van der Waals surface area contributed by atoms with Gasteiger partial charge in [-0.2, -0.15) is 0 Å². The van der Waals surface area contributed by atoms with E-state index in [1.54, 1.807) is 28.4 Å². The Morgan fingerprint density at radius 2 is 2.17 bits per heavy atom. The molecule has 4 heterocycles. The van der Waals surface area contributed by atoms with E-state index < -0.39 is 11.0 Å². The molecular weight excluding hydrogens is 390 g/mol. The predicted octanol–water partition coefficient (Wildman–Crippen LogP) is 1.74. The molecule has 9 heteroatoms. The largest absolute Gasteiger partial charge is 0.482 e. The van der Waals surface area contributed by atoms with Crippen LogP contribution in [-0.4, -0.2) is 51.4 Å². The number of fused-ring (bicyclic) bond motifs is 2. The molecule has 1 amide bonds. The molecule has 2 aromatic heterocycles. The predicted molar refractivity (Wildman–Crippen MR) is 112 cm³/mol. The number of nitrogens with zero attached hydrogens (tertiary/aromatic N) is 3. The first-order chi connectivity index (χ1) is 14.1. The van der Waals surface area contributed by atoms with Gasteiger partial charge in [-0.25, -0.2) is 4.21 Å². The molecule has 1 fully saturated rings. The number of amides is 1. The van der Waals surface area contributed by atoms with Gasteiger partial charge in [0.1, 0.15) is 17.0 Å². The fraction of sp³-hybridized carbons (Fsp3) is 0.300. The Morgan fingerprint density at radius 1 is 1.28 bits per heavy atom. The van der Waals surface area contributed by atoms with Gasteiger partial charge in [0.05, 0.1) is 16.1 Å². The maximum Gasteiger partial charge on any atom is 0.262 e. The van der Waals surface area contributed by atoms with Crippen LogP contribution in [0.15, 0.2) is 47.6 Å². The van der Waals surface area contributed by atoms with Crippen molar-refractivity contribution in [2.24, 2.45) is 0 Å². The number of piperazine rings is 1. The van der Waals surface area contributed by atoms with Crippen LogP contribution in [0.5, 0.6) is 5.75 Å². The van der Waals surface area contributed by atoms with Crippen LogP contribution in [0, 0.1) is 0 Å². The number of anilines is 2. The zero-order chi connectivity index (χ0) is 20.0. The van der Waals surface area contributed by atoms with Gasteiger partial charge in [0.15, 0.2) is 17.6 Å². The topological polar surface area (TPSA) is 88.5 Å². The van der Waals surface area contributed by atoms with Crippen LogP contribution in [-0.2, 0) is 15.8 Å². The van der Waals surface area contributed by atoms with Crippen LogP contribution in [0.25, 0.3) is 11.0 Å². The number of carbonyl (C=O) groups excluding carboxylic acids is 1. The lowest BCUT2D eigenvalue weighted by Crippen LogP contribution is -2.49. The maximum absolute atomic E-state index is 13.6. The summed E-state index contributed by atoms with van der Waals surface area (Å²) in [5, 5.41) is 6.24. The molecule has 2 atom stereocenters. The van der Waals surface area contributed by atoms with E-state index in [4.69, 9.17) is 4.74 Å². The van der Waals surface area contributed by atoms with Crippen molar-refractivity contribution in [1.82, 2.24) is 14.3 Å². The maximum atomic E-state index is 13.6. The van der Waals surface area contributed by atoms with Crippen LogP contribution in [0.4, 0.5) is 11.4 Å². The molecule has 150 valence electrons. The summed E-state index contributed by atoms with van der Waals surface area (Å²) in [6.07, 6.45) is 3.65. The summed E-state index contributed by atoms with van der Waals surface area (Å²) in [5.41, 5.74) is 3.03. The minimum atomic E-state index is -1.58. The average Bonchev–Trinajstić information content (AvgIpc) is 3.12. The number of nitrogens with one attached hydrogen (secondary N) is 2. The summed E-state index contributed by atoms with van der Waals surface area (Å²) in [4.78, 5) is 19.2. The third-order valence-corrected chi connectivity index (χ3v) is 6.57. The second kappa shape index (κ2) is 7.16. The summed E-state index contributed by atoms with van der Waals surface area (Å²) in [6, 6.07) is 9.42. The van der Waals surface area contributed by atoms with E-state index in [0.29, 0.717) is 22.4 Å². The average molecular weight is 411 g/mol. The van der Waals surface area contributed by atoms with Gasteiger partial charge in [-0.3, -0.25) is 13.8 Å². The van der Waals surface area contributed by atoms with Gasteiger partial charge in [0.25, 0.3) is 5.91 Å². The van der Waals surface area contributed by atoms with Gasteiger partial charge in [0, 0.05) is 38.1 Å². The molecule has 5 rings (SSSR count). The first kappa shape index (κ1) is 18.1. The van der Waals surface area contributed by atoms with Gasteiger partial charge in [0.2, 0.25) is 0 Å². The van der Waals surface area contributed by atoms with Gasteiger partial charge in [-0.1, -0.05) is 6.07 Å². The Morgan fingerprint density at radius 3 is 3.03 bits per heavy atom. The molecule has 0 radical (unpaired) electrons. The van der Waals surface area contributed by atoms with Crippen molar-refractivity contribution in [1.29, 1.82) is 0 Å². The monoisotopic (exact) mass is 411 g/mol. The number of ether oxygens (including phenoxy) is 1. The van der Waals surface area contributed by atoms with E-state index in [0.717, 1.165) is 36.4 Å². The number of pyridine rings is 1. The smallest absolute Gasteiger partial charge is 0.262 e.